The lowest BCUT2D eigenvalue weighted by Gasteiger charge is -2.26. The first-order chi connectivity index (χ1) is 10.8. The second-order valence-electron chi connectivity index (χ2n) is 6.07. The third-order valence-electron chi connectivity index (χ3n) is 4.07. The van der Waals surface area contributed by atoms with Gasteiger partial charge in [-0.05, 0) is 37.5 Å². The van der Waals surface area contributed by atoms with Crippen molar-refractivity contribution in [2.24, 2.45) is 0 Å². The summed E-state index contributed by atoms with van der Waals surface area (Å²) in [6.45, 7) is 5.83. The third-order valence-corrected chi connectivity index (χ3v) is 6.23. The highest BCUT2D eigenvalue weighted by Crippen LogP contribution is 2.32. The Morgan fingerprint density at radius 2 is 1.65 bits per heavy atom. The summed E-state index contributed by atoms with van der Waals surface area (Å²) < 4.78 is 26.6. The molecule has 0 heterocycles. The molecule has 0 aliphatic heterocycles. The van der Waals surface area contributed by atoms with Crippen molar-refractivity contribution >= 4 is 15.7 Å². The van der Waals surface area contributed by atoms with Crippen LogP contribution in [0.25, 0.3) is 11.1 Å². The molecule has 0 aliphatic carbocycles. The Morgan fingerprint density at radius 3 is 2.22 bits per heavy atom. The van der Waals surface area contributed by atoms with E-state index in [1.165, 1.54) is 0 Å². The van der Waals surface area contributed by atoms with Crippen LogP contribution in [0.2, 0.25) is 0 Å². The van der Waals surface area contributed by atoms with Crippen molar-refractivity contribution in [3.8, 4) is 11.1 Å². The Hall–Kier alpha value is -1.85. The van der Waals surface area contributed by atoms with Gasteiger partial charge in [0.25, 0.3) is 0 Å². The summed E-state index contributed by atoms with van der Waals surface area (Å²) in [4.78, 5) is 0. The van der Waals surface area contributed by atoms with Gasteiger partial charge < -0.3 is 5.73 Å². The van der Waals surface area contributed by atoms with Gasteiger partial charge in [-0.2, -0.15) is 0 Å². The molecule has 2 rings (SSSR count). The Balaban J connectivity index is 2.34. The molecule has 2 aromatic carbocycles. The van der Waals surface area contributed by atoms with Gasteiger partial charge in [0, 0.05) is 17.8 Å². The van der Waals surface area contributed by atoms with Crippen LogP contribution in [-0.2, 0) is 14.8 Å². The molecule has 0 aliphatic rings. The average molecular weight is 332 g/mol. The van der Waals surface area contributed by atoms with Crippen LogP contribution in [-0.4, -0.2) is 15.0 Å². The number of benzene rings is 2. The van der Waals surface area contributed by atoms with Gasteiger partial charge >= 0.3 is 0 Å². The Morgan fingerprint density at radius 1 is 1.04 bits per heavy atom. The summed E-state index contributed by atoms with van der Waals surface area (Å²) in [5.41, 5.74) is 9.37. The van der Waals surface area contributed by atoms with Crippen LogP contribution in [0.15, 0.2) is 48.5 Å². The zero-order valence-electron chi connectivity index (χ0n) is 13.8. The van der Waals surface area contributed by atoms with E-state index in [1.54, 1.807) is 13.8 Å². The first-order valence-electron chi connectivity index (χ1n) is 7.74. The average Bonchev–Trinajstić information content (AvgIpc) is 2.53. The standard InChI is InChI=1S/C18H24N2O2S/c1-4-13-20-23(21,22)18(2,3)15-11-9-14(10-12-15)16-7-5-6-8-17(16)19/h5-12,20H,4,13,19H2,1-3H3. The van der Waals surface area contributed by atoms with Crippen molar-refractivity contribution in [1.82, 2.24) is 4.72 Å². The van der Waals surface area contributed by atoms with E-state index in [0.717, 1.165) is 23.1 Å². The predicted molar refractivity (Wildman–Crippen MR) is 96.5 cm³/mol. The number of hydrogen-bond acceptors (Lipinski definition) is 3. The van der Waals surface area contributed by atoms with Crippen molar-refractivity contribution in [3.63, 3.8) is 0 Å². The number of sulfonamides is 1. The largest absolute Gasteiger partial charge is 0.398 e. The molecular weight excluding hydrogens is 308 g/mol. The molecule has 3 N–H and O–H groups in total. The molecule has 0 spiro atoms. The Bertz CT molecular complexity index is 766. The molecule has 0 atom stereocenters. The van der Waals surface area contributed by atoms with Gasteiger partial charge in [0.15, 0.2) is 0 Å². The first kappa shape index (κ1) is 17.5. The SMILES string of the molecule is CCCNS(=O)(=O)C(C)(C)c1ccc(-c2ccccc2N)cc1. The molecular formula is C18H24N2O2S. The quantitative estimate of drug-likeness (QED) is 0.795. The van der Waals surface area contributed by atoms with Gasteiger partial charge in [0.1, 0.15) is 4.75 Å². The van der Waals surface area contributed by atoms with Crippen LogP contribution in [0.3, 0.4) is 0 Å². The maximum atomic E-state index is 12.5. The van der Waals surface area contributed by atoms with Crippen LogP contribution >= 0.6 is 0 Å². The molecule has 0 aromatic heterocycles. The van der Waals surface area contributed by atoms with Crippen LogP contribution < -0.4 is 10.5 Å². The van der Waals surface area contributed by atoms with E-state index in [1.807, 2.05) is 55.5 Å². The number of hydrogen-bond donors (Lipinski definition) is 2. The van der Waals surface area contributed by atoms with Crippen molar-refractivity contribution in [1.29, 1.82) is 0 Å². The fourth-order valence-electron chi connectivity index (χ4n) is 2.38. The third kappa shape index (κ3) is 3.57. The van der Waals surface area contributed by atoms with Crippen LogP contribution in [0.4, 0.5) is 5.69 Å². The normalized spacial score (nSPS) is 12.3. The molecule has 2 aromatic rings. The molecule has 0 fully saturated rings. The van der Waals surface area contributed by atoms with Crippen molar-refractivity contribution in [2.45, 2.75) is 31.9 Å². The van der Waals surface area contributed by atoms with Crippen LogP contribution in [0.1, 0.15) is 32.8 Å². The molecule has 0 bridgehead atoms. The molecule has 0 saturated heterocycles. The van der Waals surface area contributed by atoms with E-state index >= 15 is 0 Å². The number of anilines is 1. The van der Waals surface area contributed by atoms with Gasteiger partial charge in [0.2, 0.25) is 10.0 Å². The molecule has 0 radical (unpaired) electrons. The van der Waals surface area contributed by atoms with Crippen LogP contribution in [0, 0.1) is 0 Å². The van der Waals surface area contributed by atoms with Gasteiger partial charge in [-0.25, -0.2) is 13.1 Å². The number of nitrogen functional groups attached to an aromatic ring is 1. The highest BCUT2D eigenvalue weighted by atomic mass is 32.2. The smallest absolute Gasteiger partial charge is 0.221 e. The number of nitrogens with two attached hydrogens (primary N) is 1. The summed E-state index contributed by atoms with van der Waals surface area (Å²) in [6.07, 6.45) is 0.765. The van der Waals surface area contributed by atoms with Crippen LogP contribution in [0.5, 0.6) is 0 Å². The summed E-state index contributed by atoms with van der Waals surface area (Å²) >= 11 is 0. The lowest BCUT2D eigenvalue weighted by atomic mass is 9.97. The van der Waals surface area contributed by atoms with Crippen molar-refractivity contribution in [3.05, 3.63) is 54.1 Å². The fraction of sp³-hybridized carbons (Fsp3) is 0.333. The second-order valence-corrected chi connectivity index (χ2v) is 8.39. The maximum Gasteiger partial charge on any atom is 0.221 e. The molecule has 23 heavy (non-hydrogen) atoms. The summed E-state index contributed by atoms with van der Waals surface area (Å²) in [7, 11) is -3.44. The predicted octanol–water partition coefficient (Wildman–Crippen LogP) is 3.50. The molecule has 5 heteroatoms. The van der Waals surface area contributed by atoms with Gasteiger partial charge in [-0.3, -0.25) is 0 Å². The van der Waals surface area contributed by atoms with E-state index in [9.17, 15) is 8.42 Å². The molecule has 4 nitrogen and oxygen atoms in total. The minimum absolute atomic E-state index is 0.449. The fourth-order valence-corrected chi connectivity index (χ4v) is 3.66. The van der Waals surface area contributed by atoms with Gasteiger partial charge in [-0.15, -0.1) is 0 Å². The summed E-state index contributed by atoms with van der Waals surface area (Å²) in [5, 5.41) is 0. The Labute approximate surface area is 138 Å². The van der Waals surface area contributed by atoms with Crippen molar-refractivity contribution < 1.29 is 8.42 Å². The summed E-state index contributed by atoms with van der Waals surface area (Å²) in [6, 6.07) is 15.2. The molecule has 0 saturated carbocycles. The summed E-state index contributed by atoms with van der Waals surface area (Å²) in [5.74, 6) is 0. The first-order valence-corrected chi connectivity index (χ1v) is 9.22. The van der Waals surface area contributed by atoms with E-state index in [2.05, 4.69) is 4.72 Å². The Kier molecular flexibility index (Phi) is 5.12. The van der Waals surface area contributed by atoms with Crippen molar-refractivity contribution in [2.75, 3.05) is 12.3 Å². The maximum absolute atomic E-state index is 12.5. The second kappa shape index (κ2) is 6.72. The lowest BCUT2D eigenvalue weighted by Crippen LogP contribution is -2.39. The molecule has 124 valence electrons. The monoisotopic (exact) mass is 332 g/mol. The minimum atomic E-state index is -3.44. The van der Waals surface area contributed by atoms with E-state index in [-0.39, 0.29) is 0 Å². The van der Waals surface area contributed by atoms with Gasteiger partial charge in [0.05, 0.1) is 0 Å². The molecule has 0 amide bonds. The number of para-hydroxylation sites is 1. The highest BCUT2D eigenvalue weighted by Gasteiger charge is 2.35. The van der Waals surface area contributed by atoms with Gasteiger partial charge in [-0.1, -0.05) is 49.4 Å². The molecule has 0 unspecified atom stereocenters. The number of nitrogens with one attached hydrogen (secondary N) is 1. The highest BCUT2D eigenvalue weighted by molar-refractivity contribution is 7.90. The lowest BCUT2D eigenvalue weighted by molar-refractivity contribution is 0.539. The zero-order valence-corrected chi connectivity index (χ0v) is 14.7. The van der Waals surface area contributed by atoms with E-state index in [0.29, 0.717) is 12.2 Å². The van der Waals surface area contributed by atoms with E-state index in [4.69, 9.17) is 5.73 Å². The zero-order chi connectivity index (χ0) is 17.1. The topological polar surface area (TPSA) is 72.2 Å². The van der Waals surface area contributed by atoms with E-state index < -0.39 is 14.8 Å². The number of rotatable bonds is 6. The minimum Gasteiger partial charge on any atom is -0.398 e.